The topological polar surface area (TPSA) is 79.4 Å². The number of nitrogens with zero attached hydrogens (tertiary/aromatic N) is 3. The number of anilines is 1. The van der Waals surface area contributed by atoms with Crippen molar-refractivity contribution in [2.75, 3.05) is 50.8 Å². The van der Waals surface area contributed by atoms with Gasteiger partial charge in [0, 0.05) is 36.8 Å². The van der Waals surface area contributed by atoms with Gasteiger partial charge in [-0.05, 0) is 49.2 Å². The van der Waals surface area contributed by atoms with Crippen molar-refractivity contribution in [2.45, 2.75) is 18.9 Å². The molecule has 0 bridgehead atoms. The van der Waals surface area contributed by atoms with Gasteiger partial charge in [-0.3, -0.25) is 14.4 Å². The molecule has 2 fully saturated rings. The minimum atomic E-state index is -0.776. The van der Waals surface area contributed by atoms with Gasteiger partial charge >= 0.3 is 0 Å². The molecule has 9 heteroatoms. The first kappa shape index (κ1) is 23.6. The second kappa shape index (κ2) is 10.3. The highest BCUT2D eigenvalue weighted by Gasteiger charge is 2.39. The second-order valence-electron chi connectivity index (χ2n) is 9.06. The lowest BCUT2D eigenvalue weighted by molar-refractivity contribution is -0.143. The molecule has 0 aromatic heterocycles. The summed E-state index contributed by atoms with van der Waals surface area (Å²) in [6.07, 6.45) is 0.644. The van der Waals surface area contributed by atoms with Crippen LogP contribution in [-0.4, -0.2) is 79.6 Å². The van der Waals surface area contributed by atoms with Crippen LogP contribution in [0.5, 0.6) is 5.75 Å². The van der Waals surface area contributed by atoms with Crippen LogP contribution in [0, 0.1) is 5.92 Å². The van der Waals surface area contributed by atoms with Crippen LogP contribution < -0.4 is 9.64 Å². The molecule has 0 spiro atoms. The Morgan fingerprint density at radius 2 is 1.60 bits per heavy atom. The van der Waals surface area contributed by atoms with Crippen molar-refractivity contribution >= 4 is 35.0 Å². The van der Waals surface area contributed by atoms with Gasteiger partial charge in [0.05, 0.1) is 31.4 Å². The highest BCUT2D eigenvalue weighted by molar-refractivity contribution is 6.30. The Labute approximate surface area is 209 Å². The third-order valence-electron chi connectivity index (χ3n) is 6.79. The SMILES string of the molecule is O=C(c1ccc(Cl)cc1)N1CCC[C@H](C(=O)N2C[C@@H](C(=O)N3CCOCC3)Oc3ccccc32)C1. The minimum absolute atomic E-state index is 0.0888. The summed E-state index contributed by atoms with van der Waals surface area (Å²) < 4.78 is 11.4. The Bertz CT molecular complexity index is 1100. The van der Waals surface area contributed by atoms with Crippen LogP contribution in [0.1, 0.15) is 23.2 Å². The first-order valence-electron chi connectivity index (χ1n) is 12.0. The Morgan fingerprint density at radius 1 is 0.857 bits per heavy atom. The van der Waals surface area contributed by atoms with Crippen LogP contribution in [0.4, 0.5) is 5.69 Å². The number of morpholine rings is 1. The van der Waals surface area contributed by atoms with Crippen molar-refractivity contribution in [3.63, 3.8) is 0 Å². The lowest BCUT2D eigenvalue weighted by Crippen LogP contribution is -2.56. The number of carbonyl (C=O) groups excluding carboxylic acids is 3. The first-order valence-corrected chi connectivity index (χ1v) is 12.4. The standard InChI is InChI=1S/C26H28ClN3O5/c27-20-9-7-18(8-10-20)24(31)29-11-3-4-19(16-29)25(32)30-17-23(26(33)28-12-14-34-15-13-28)35-22-6-2-1-5-21(22)30/h1-2,5-10,19,23H,3-4,11-17H2/t19-,23-/m0/s1. The van der Waals surface area contributed by atoms with E-state index in [4.69, 9.17) is 21.1 Å². The predicted octanol–water partition coefficient (Wildman–Crippen LogP) is 2.85. The fourth-order valence-corrected chi connectivity index (χ4v) is 5.04. The van der Waals surface area contributed by atoms with Crippen LogP contribution in [-0.2, 0) is 14.3 Å². The van der Waals surface area contributed by atoms with Crippen molar-refractivity contribution in [1.29, 1.82) is 0 Å². The molecule has 0 unspecified atom stereocenters. The summed E-state index contributed by atoms with van der Waals surface area (Å²) in [7, 11) is 0. The van der Waals surface area contributed by atoms with Crippen LogP contribution >= 0.6 is 11.6 Å². The molecule has 184 valence electrons. The Hall–Kier alpha value is -3.10. The van der Waals surface area contributed by atoms with Crippen LogP contribution in [0.25, 0.3) is 0 Å². The summed E-state index contributed by atoms with van der Waals surface area (Å²) in [4.78, 5) is 45.1. The number of hydrogen-bond acceptors (Lipinski definition) is 5. The van der Waals surface area contributed by atoms with Gasteiger partial charge in [-0.2, -0.15) is 0 Å². The van der Waals surface area contributed by atoms with E-state index in [-0.39, 0.29) is 30.2 Å². The molecule has 5 rings (SSSR count). The molecule has 2 aromatic carbocycles. The van der Waals surface area contributed by atoms with Gasteiger partial charge in [-0.15, -0.1) is 0 Å². The van der Waals surface area contributed by atoms with Crippen molar-refractivity contribution < 1.29 is 23.9 Å². The van der Waals surface area contributed by atoms with Crippen LogP contribution in [0.3, 0.4) is 0 Å². The predicted molar refractivity (Wildman–Crippen MR) is 131 cm³/mol. The molecule has 0 saturated carbocycles. The molecule has 0 radical (unpaired) electrons. The number of likely N-dealkylation sites (tertiary alicyclic amines) is 1. The number of carbonyl (C=O) groups is 3. The van der Waals surface area contributed by atoms with E-state index in [1.165, 1.54) is 0 Å². The molecule has 8 nitrogen and oxygen atoms in total. The van der Waals surface area contributed by atoms with E-state index in [0.29, 0.717) is 67.8 Å². The van der Waals surface area contributed by atoms with Gasteiger partial charge in [-0.1, -0.05) is 23.7 Å². The monoisotopic (exact) mass is 497 g/mol. The maximum Gasteiger partial charge on any atom is 0.265 e. The van der Waals surface area contributed by atoms with E-state index in [0.717, 1.165) is 6.42 Å². The molecule has 3 amide bonds. The van der Waals surface area contributed by atoms with E-state index < -0.39 is 6.10 Å². The van der Waals surface area contributed by atoms with Crippen molar-refractivity contribution in [2.24, 2.45) is 5.92 Å². The smallest absolute Gasteiger partial charge is 0.265 e. The van der Waals surface area contributed by atoms with Gasteiger partial charge in [0.1, 0.15) is 5.75 Å². The fourth-order valence-electron chi connectivity index (χ4n) is 4.92. The Balaban J connectivity index is 1.33. The van der Waals surface area contributed by atoms with E-state index in [1.54, 1.807) is 45.0 Å². The molecule has 35 heavy (non-hydrogen) atoms. The van der Waals surface area contributed by atoms with E-state index in [2.05, 4.69) is 0 Å². The third-order valence-corrected chi connectivity index (χ3v) is 7.04. The number of halogens is 1. The molecule has 0 aliphatic carbocycles. The molecule has 3 heterocycles. The number of benzene rings is 2. The maximum absolute atomic E-state index is 13.8. The van der Waals surface area contributed by atoms with Gasteiger partial charge in [-0.25, -0.2) is 0 Å². The zero-order valence-electron chi connectivity index (χ0n) is 19.4. The van der Waals surface area contributed by atoms with Crippen LogP contribution in [0.15, 0.2) is 48.5 Å². The van der Waals surface area contributed by atoms with Crippen molar-refractivity contribution in [3.8, 4) is 5.75 Å². The lowest BCUT2D eigenvalue weighted by atomic mass is 9.95. The average molecular weight is 498 g/mol. The van der Waals surface area contributed by atoms with Gasteiger partial charge in [0.15, 0.2) is 6.10 Å². The summed E-state index contributed by atoms with van der Waals surface area (Å²) >= 11 is 5.96. The highest BCUT2D eigenvalue weighted by atomic mass is 35.5. The number of rotatable bonds is 3. The van der Waals surface area contributed by atoms with Gasteiger partial charge in [0.25, 0.3) is 11.8 Å². The average Bonchev–Trinajstić information content (AvgIpc) is 2.92. The molecule has 2 atom stereocenters. The lowest BCUT2D eigenvalue weighted by Gasteiger charge is -2.40. The number of piperidine rings is 1. The molecule has 2 saturated heterocycles. The van der Waals surface area contributed by atoms with E-state index in [9.17, 15) is 14.4 Å². The quantitative estimate of drug-likeness (QED) is 0.651. The molecule has 3 aliphatic rings. The number of fused-ring (bicyclic) bond motifs is 1. The molecule has 2 aromatic rings. The summed E-state index contributed by atoms with van der Waals surface area (Å²) in [6.45, 7) is 3.10. The molecular weight excluding hydrogens is 470 g/mol. The summed E-state index contributed by atoms with van der Waals surface area (Å²) in [5, 5.41) is 0.570. The van der Waals surface area contributed by atoms with E-state index in [1.807, 2.05) is 18.2 Å². The highest BCUT2D eigenvalue weighted by Crippen LogP contribution is 2.35. The van der Waals surface area contributed by atoms with Crippen molar-refractivity contribution in [3.05, 3.63) is 59.1 Å². The van der Waals surface area contributed by atoms with Crippen LogP contribution in [0.2, 0.25) is 5.02 Å². The Morgan fingerprint density at radius 3 is 2.37 bits per heavy atom. The zero-order valence-corrected chi connectivity index (χ0v) is 20.2. The number of amides is 3. The van der Waals surface area contributed by atoms with Crippen molar-refractivity contribution in [1.82, 2.24) is 9.80 Å². The largest absolute Gasteiger partial charge is 0.476 e. The number of para-hydroxylation sites is 2. The number of ether oxygens (including phenoxy) is 2. The van der Waals surface area contributed by atoms with E-state index >= 15 is 0 Å². The fraction of sp³-hybridized carbons (Fsp3) is 0.423. The molecule has 3 aliphatic heterocycles. The maximum atomic E-state index is 13.8. The van der Waals surface area contributed by atoms with Gasteiger partial charge < -0.3 is 24.2 Å². The minimum Gasteiger partial charge on any atom is -0.476 e. The summed E-state index contributed by atoms with van der Waals surface area (Å²) in [5.41, 5.74) is 1.21. The zero-order chi connectivity index (χ0) is 24.4. The normalized spacial score (nSPS) is 22.3. The summed E-state index contributed by atoms with van der Waals surface area (Å²) in [5.74, 6) is -0.172. The number of hydrogen-bond donors (Lipinski definition) is 0. The van der Waals surface area contributed by atoms with Gasteiger partial charge in [0.2, 0.25) is 5.91 Å². The first-order chi connectivity index (χ1) is 17.0. The third kappa shape index (κ3) is 4.99. The Kier molecular flexibility index (Phi) is 6.92. The summed E-state index contributed by atoms with van der Waals surface area (Å²) in [6, 6.07) is 14.1. The molecular formula is C26H28ClN3O5. The second-order valence-corrected chi connectivity index (χ2v) is 9.49. The molecule has 0 N–H and O–H groups in total.